The van der Waals surface area contributed by atoms with Crippen molar-refractivity contribution in [3.63, 3.8) is 0 Å². The van der Waals surface area contributed by atoms with Crippen LogP contribution < -0.4 is 9.64 Å². The van der Waals surface area contributed by atoms with E-state index in [2.05, 4.69) is 80.9 Å². The smallest absolute Gasteiger partial charge is 0.244 e. The van der Waals surface area contributed by atoms with E-state index >= 15 is 0 Å². The van der Waals surface area contributed by atoms with Crippen LogP contribution in [0.1, 0.15) is 58.8 Å². The lowest BCUT2D eigenvalue weighted by Gasteiger charge is -2.34. The van der Waals surface area contributed by atoms with E-state index in [1.165, 1.54) is 11.3 Å². The summed E-state index contributed by atoms with van der Waals surface area (Å²) in [7, 11) is 3.73. The van der Waals surface area contributed by atoms with Crippen LogP contribution in [0.25, 0.3) is 0 Å². The number of amides is 1. The summed E-state index contributed by atoms with van der Waals surface area (Å²) in [4.78, 5) is 20.0. The van der Waals surface area contributed by atoms with Gasteiger partial charge in [-0.3, -0.25) is 9.69 Å². The molecule has 0 radical (unpaired) electrons. The molecule has 1 fully saturated rings. The van der Waals surface area contributed by atoms with Crippen LogP contribution in [0.4, 0.5) is 5.69 Å². The van der Waals surface area contributed by atoms with Crippen LogP contribution in [-0.2, 0) is 11.2 Å². The van der Waals surface area contributed by atoms with E-state index in [4.69, 9.17) is 4.74 Å². The molecule has 1 aliphatic rings. The lowest BCUT2D eigenvalue weighted by atomic mass is 10.0. The molecule has 1 unspecified atom stereocenters. The maximum absolute atomic E-state index is 13.4. The monoisotopic (exact) mass is 437 g/mol. The van der Waals surface area contributed by atoms with Gasteiger partial charge in [-0.25, -0.2) is 0 Å². The molecule has 2 aromatic rings. The number of carbonyl (C=O) groups is 1. The first-order valence-electron chi connectivity index (χ1n) is 11.6. The quantitative estimate of drug-likeness (QED) is 0.575. The fourth-order valence-corrected chi connectivity index (χ4v) is 4.81. The Balaban J connectivity index is 1.85. The predicted octanol–water partition coefficient (Wildman–Crippen LogP) is 5.11. The first-order valence-corrected chi connectivity index (χ1v) is 11.6. The zero-order valence-corrected chi connectivity index (χ0v) is 20.9. The number of nitrogens with zero attached hydrogens (tertiary/aromatic N) is 3. The summed E-state index contributed by atoms with van der Waals surface area (Å²) in [6.07, 6.45) is 0.735. The lowest BCUT2D eigenvalue weighted by Crippen LogP contribution is -2.41. The van der Waals surface area contributed by atoms with E-state index in [1.54, 1.807) is 7.11 Å². The summed E-state index contributed by atoms with van der Waals surface area (Å²) in [6.45, 7) is 13.6. The Hall–Kier alpha value is -2.53. The Morgan fingerprint density at radius 3 is 2.03 bits per heavy atom. The Morgan fingerprint density at radius 2 is 1.53 bits per heavy atom. The summed E-state index contributed by atoms with van der Waals surface area (Å²) in [5.74, 6) is 1.02. The second kappa shape index (κ2) is 9.53. The molecule has 3 rings (SSSR count). The minimum Gasteiger partial charge on any atom is -0.497 e. The highest BCUT2D eigenvalue weighted by Gasteiger charge is 2.49. The molecule has 0 N–H and O–H groups in total. The third kappa shape index (κ3) is 4.63. The molecule has 0 bridgehead atoms. The minimum atomic E-state index is -0.537. The topological polar surface area (TPSA) is 36.0 Å². The number of hydrogen-bond acceptors (Lipinski definition) is 4. The van der Waals surface area contributed by atoms with Crippen LogP contribution in [0.15, 0.2) is 48.5 Å². The van der Waals surface area contributed by atoms with Crippen molar-refractivity contribution >= 4 is 11.6 Å². The van der Waals surface area contributed by atoms with E-state index in [-0.39, 0.29) is 12.1 Å². The van der Waals surface area contributed by atoms with Gasteiger partial charge in [-0.2, -0.15) is 0 Å². The fourth-order valence-electron chi connectivity index (χ4n) is 4.81. The van der Waals surface area contributed by atoms with E-state index in [0.717, 1.165) is 17.7 Å². The normalized spacial score (nSPS) is 18.6. The van der Waals surface area contributed by atoms with Gasteiger partial charge >= 0.3 is 0 Å². The van der Waals surface area contributed by atoms with E-state index in [9.17, 15) is 4.79 Å². The number of hydrogen-bond donors (Lipinski definition) is 0. The van der Waals surface area contributed by atoms with Crippen molar-refractivity contribution in [2.45, 2.75) is 71.8 Å². The molecule has 1 amide bonds. The maximum atomic E-state index is 13.4. The summed E-state index contributed by atoms with van der Waals surface area (Å²) < 4.78 is 5.26. The molecule has 2 aromatic carbocycles. The molecule has 5 heteroatoms. The average molecular weight is 438 g/mol. The minimum absolute atomic E-state index is 0.0728. The van der Waals surface area contributed by atoms with Gasteiger partial charge < -0.3 is 14.5 Å². The highest BCUT2D eigenvalue weighted by Crippen LogP contribution is 2.39. The second-order valence-electron chi connectivity index (χ2n) is 9.83. The van der Waals surface area contributed by atoms with Crippen molar-refractivity contribution in [2.75, 3.05) is 25.6 Å². The zero-order valence-electron chi connectivity index (χ0n) is 20.9. The molecule has 1 aliphatic heterocycles. The van der Waals surface area contributed by atoms with Gasteiger partial charge in [-0.15, -0.1) is 0 Å². The first kappa shape index (κ1) is 24.1. The number of benzene rings is 2. The Bertz CT molecular complexity index is 896. The van der Waals surface area contributed by atoms with E-state index < -0.39 is 5.54 Å². The van der Waals surface area contributed by atoms with Crippen LogP contribution in [0.2, 0.25) is 0 Å². The van der Waals surface area contributed by atoms with Crippen LogP contribution in [-0.4, -0.2) is 54.0 Å². The standard InChI is InChI=1S/C27H39N3O2/c1-19(2)30(20(3)4)23-13-11-22(12-14-23)25-28(7)27(5,6)26(31)29(25)18-17-21-9-15-24(32-8)16-10-21/h9-16,19-20,25H,17-18H2,1-8H3. The molecule has 1 atom stereocenters. The summed E-state index contributed by atoms with van der Waals surface area (Å²) in [6, 6.07) is 17.7. The average Bonchev–Trinajstić information content (AvgIpc) is 2.92. The fraction of sp³-hybridized carbons (Fsp3) is 0.519. The van der Waals surface area contributed by atoms with Crippen molar-refractivity contribution < 1.29 is 9.53 Å². The third-order valence-corrected chi connectivity index (χ3v) is 6.73. The molecule has 32 heavy (non-hydrogen) atoms. The lowest BCUT2D eigenvalue weighted by molar-refractivity contribution is -0.132. The van der Waals surface area contributed by atoms with Crippen molar-refractivity contribution in [3.8, 4) is 5.75 Å². The molecule has 0 aromatic heterocycles. The van der Waals surface area contributed by atoms with Gasteiger partial charge in [0.15, 0.2) is 0 Å². The van der Waals surface area contributed by atoms with E-state index in [0.29, 0.717) is 18.6 Å². The van der Waals surface area contributed by atoms with Gasteiger partial charge in [0.1, 0.15) is 11.9 Å². The molecular formula is C27H39N3O2. The van der Waals surface area contributed by atoms with Crippen LogP contribution in [0.3, 0.4) is 0 Å². The van der Waals surface area contributed by atoms with Gasteiger partial charge in [0.05, 0.1) is 12.6 Å². The van der Waals surface area contributed by atoms with Crippen molar-refractivity contribution in [3.05, 3.63) is 59.7 Å². The van der Waals surface area contributed by atoms with Gasteiger partial charge in [0, 0.05) is 24.3 Å². The SMILES string of the molecule is COc1ccc(CCN2C(=O)C(C)(C)N(C)C2c2ccc(N(C(C)C)C(C)C)cc2)cc1. The molecule has 5 nitrogen and oxygen atoms in total. The number of rotatable bonds is 8. The van der Waals surface area contributed by atoms with Crippen molar-refractivity contribution in [1.29, 1.82) is 0 Å². The number of carbonyl (C=O) groups excluding carboxylic acids is 1. The Morgan fingerprint density at radius 1 is 0.969 bits per heavy atom. The van der Waals surface area contributed by atoms with Gasteiger partial charge in [-0.05, 0) is 90.4 Å². The maximum Gasteiger partial charge on any atom is 0.244 e. The Labute approximate surface area is 194 Å². The number of likely N-dealkylation sites (N-methyl/N-ethyl adjacent to an activating group) is 1. The molecule has 1 heterocycles. The molecule has 1 saturated heterocycles. The van der Waals surface area contributed by atoms with Crippen LogP contribution >= 0.6 is 0 Å². The molecule has 174 valence electrons. The number of ether oxygens (including phenoxy) is 1. The van der Waals surface area contributed by atoms with Gasteiger partial charge in [0.2, 0.25) is 5.91 Å². The second-order valence-corrected chi connectivity index (χ2v) is 9.83. The number of methoxy groups -OCH3 is 1. The summed E-state index contributed by atoms with van der Waals surface area (Å²) >= 11 is 0. The van der Waals surface area contributed by atoms with Crippen LogP contribution in [0.5, 0.6) is 5.75 Å². The Kier molecular flexibility index (Phi) is 7.19. The van der Waals surface area contributed by atoms with Crippen molar-refractivity contribution in [2.24, 2.45) is 0 Å². The van der Waals surface area contributed by atoms with E-state index in [1.807, 2.05) is 30.9 Å². The van der Waals surface area contributed by atoms with Gasteiger partial charge in [0.25, 0.3) is 0 Å². The van der Waals surface area contributed by atoms with Crippen molar-refractivity contribution in [1.82, 2.24) is 9.80 Å². The molecule has 0 spiro atoms. The summed E-state index contributed by atoms with van der Waals surface area (Å²) in [5.41, 5.74) is 3.03. The van der Waals surface area contributed by atoms with Gasteiger partial charge in [-0.1, -0.05) is 24.3 Å². The molecular weight excluding hydrogens is 398 g/mol. The molecule has 0 saturated carbocycles. The predicted molar refractivity (Wildman–Crippen MR) is 132 cm³/mol. The van der Waals surface area contributed by atoms with Crippen LogP contribution in [0, 0.1) is 0 Å². The molecule has 0 aliphatic carbocycles. The largest absolute Gasteiger partial charge is 0.497 e. The third-order valence-electron chi connectivity index (χ3n) is 6.73. The highest BCUT2D eigenvalue weighted by molar-refractivity contribution is 5.88. The first-order chi connectivity index (χ1) is 15.1. The summed E-state index contributed by atoms with van der Waals surface area (Å²) in [5, 5.41) is 0. The number of anilines is 1. The highest BCUT2D eigenvalue weighted by atomic mass is 16.5. The zero-order chi connectivity index (χ0) is 23.6.